The molecule has 2 nitrogen and oxygen atoms in total. The molecule has 0 spiro atoms. The van der Waals surface area contributed by atoms with E-state index >= 15 is 0 Å². The van der Waals surface area contributed by atoms with Crippen LogP contribution in [0.3, 0.4) is 0 Å². The van der Waals surface area contributed by atoms with Crippen LogP contribution < -0.4 is 4.78 Å². The summed E-state index contributed by atoms with van der Waals surface area (Å²) in [4.78, 5) is 10.8. The number of carbonyl (C=O) groups is 1. The molecule has 1 aromatic rings. The first-order valence-corrected chi connectivity index (χ1v) is 4.20. The zero-order chi connectivity index (χ0) is 10.1. The van der Waals surface area contributed by atoms with E-state index in [1.165, 1.54) is 0 Å². The Kier molecular flexibility index (Phi) is 2.65. The fourth-order valence-electron chi connectivity index (χ4n) is 0.749. The molecule has 0 N–H and O–H groups in total. The lowest BCUT2D eigenvalue weighted by Crippen LogP contribution is -2.31. The van der Waals surface area contributed by atoms with E-state index in [9.17, 15) is 17.7 Å². The largest absolute Gasteiger partial charge is 0.519 e. The maximum absolute atomic E-state index is 12.1. The van der Waals surface area contributed by atoms with Gasteiger partial charge in [-0.2, -0.15) is 11.3 Å². The van der Waals surface area contributed by atoms with Crippen LogP contribution in [0.4, 0.5) is 12.9 Å². The van der Waals surface area contributed by atoms with Crippen molar-refractivity contribution >= 4 is 29.1 Å². The summed E-state index contributed by atoms with van der Waals surface area (Å²) in [5.74, 6) is -0.748. The number of thiophene rings is 1. The van der Waals surface area contributed by atoms with Gasteiger partial charge < -0.3 is 17.7 Å². The molecule has 0 aliphatic carbocycles. The van der Waals surface area contributed by atoms with E-state index in [2.05, 4.69) is 4.74 Å². The highest BCUT2D eigenvalue weighted by molar-refractivity contribution is 7.22. The molecule has 0 atom stereocenters. The summed E-state index contributed by atoms with van der Waals surface area (Å²) in [6, 6.07) is 0.802. The van der Waals surface area contributed by atoms with Crippen LogP contribution in [0.15, 0.2) is 11.4 Å². The van der Waals surface area contributed by atoms with Gasteiger partial charge in [-0.05, 0) is 0 Å². The average molecular weight is 209 g/mol. The molecule has 0 fully saturated rings. The molecular formula is C6H5BF3O2S-. The van der Waals surface area contributed by atoms with Gasteiger partial charge in [0.05, 0.1) is 12.7 Å². The molecule has 72 valence electrons. The summed E-state index contributed by atoms with van der Waals surface area (Å²) in [5.41, 5.74) is -0.0540. The van der Waals surface area contributed by atoms with E-state index in [0.717, 1.165) is 18.6 Å². The Hall–Kier alpha value is -0.975. The Labute approximate surface area is 76.4 Å². The molecule has 1 aromatic heterocycles. The number of rotatable bonds is 2. The second kappa shape index (κ2) is 3.41. The Morgan fingerprint density at radius 3 is 2.54 bits per heavy atom. The van der Waals surface area contributed by atoms with Crippen molar-refractivity contribution in [3.63, 3.8) is 0 Å². The summed E-state index contributed by atoms with van der Waals surface area (Å²) >= 11 is 0.502. The maximum Gasteiger partial charge on any atom is 0.519 e. The molecule has 0 aliphatic heterocycles. The van der Waals surface area contributed by atoms with Gasteiger partial charge in [0.2, 0.25) is 0 Å². The van der Waals surface area contributed by atoms with E-state index in [-0.39, 0.29) is 5.56 Å². The number of carbonyl (C=O) groups excluding carboxylic acids is 1. The minimum Gasteiger partial charge on any atom is -0.465 e. The van der Waals surface area contributed by atoms with E-state index in [1.807, 2.05) is 0 Å². The molecule has 7 heteroatoms. The highest BCUT2D eigenvalue weighted by Crippen LogP contribution is 2.15. The number of hydrogen-bond acceptors (Lipinski definition) is 3. The monoisotopic (exact) mass is 209 g/mol. The Bertz CT molecular complexity index is 320. The zero-order valence-electron chi connectivity index (χ0n) is 6.59. The molecule has 13 heavy (non-hydrogen) atoms. The molecule has 0 saturated carbocycles. The van der Waals surface area contributed by atoms with Crippen molar-refractivity contribution in [1.82, 2.24) is 0 Å². The van der Waals surface area contributed by atoms with Crippen molar-refractivity contribution < 1.29 is 22.5 Å². The molecule has 0 saturated heterocycles. The van der Waals surface area contributed by atoms with Crippen molar-refractivity contribution in [3.8, 4) is 0 Å². The van der Waals surface area contributed by atoms with Gasteiger partial charge in [0.1, 0.15) is 0 Å². The smallest absolute Gasteiger partial charge is 0.465 e. The van der Waals surface area contributed by atoms with Crippen LogP contribution in [0.2, 0.25) is 0 Å². The van der Waals surface area contributed by atoms with Gasteiger partial charge in [-0.15, -0.1) is 0 Å². The third-order valence-corrected chi connectivity index (χ3v) is 2.39. The summed E-state index contributed by atoms with van der Waals surface area (Å²) < 4.78 is 39.8. The highest BCUT2D eigenvalue weighted by Gasteiger charge is 2.28. The average Bonchev–Trinajstić information content (AvgIpc) is 2.50. The molecule has 0 aliphatic rings. The second-order valence-electron chi connectivity index (χ2n) is 2.30. The first kappa shape index (κ1) is 10.1. The minimum atomic E-state index is -5.01. The molecule has 0 radical (unpaired) electrons. The van der Waals surface area contributed by atoms with Crippen LogP contribution in [0, 0.1) is 0 Å². The highest BCUT2D eigenvalue weighted by atomic mass is 32.1. The first-order valence-electron chi connectivity index (χ1n) is 3.32. The van der Waals surface area contributed by atoms with Crippen molar-refractivity contribution in [3.05, 3.63) is 17.0 Å². The van der Waals surface area contributed by atoms with Crippen LogP contribution in [0.1, 0.15) is 10.4 Å². The lowest BCUT2D eigenvalue weighted by Gasteiger charge is -2.09. The van der Waals surface area contributed by atoms with Crippen molar-refractivity contribution in [2.45, 2.75) is 0 Å². The van der Waals surface area contributed by atoms with E-state index < -0.39 is 17.7 Å². The van der Waals surface area contributed by atoms with E-state index in [4.69, 9.17) is 0 Å². The Morgan fingerprint density at radius 2 is 2.15 bits per heavy atom. The van der Waals surface area contributed by atoms with Gasteiger partial charge in [-0.25, -0.2) is 4.79 Å². The fourth-order valence-corrected chi connectivity index (χ4v) is 1.53. The first-order chi connectivity index (χ1) is 5.95. The van der Waals surface area contributed by atoms with Crippen LogP contribution >= 0.6 is 11.3 Å². The van der Waals surface area contributed by atoms with Crippen LogP contribution in [0.5, 0.6) is 0 Å². The number of halogens is 3. The van der Waals surface area contributed by atoms with Gasteiger partial charge in [0.25, 0.3) is 0 Å². The van der Waals surface area contributed by atoms with Crippen LogP contribution in [-0.2, 0) is 4.74 Å². The SMILES string of the molecule is COC(=O)c1csc([B-](F)(F)F)c1. The molecule has 0 bridgehead atoms. The van der Waals surface area contributed by atoms with Gasteiger partial charge in [-0.1, -0.05) is 10.8 Å². The summed E-state index contributed by atoms with van der Waals surface area (Å²) in [6.45, 7) is -5.01. The molecule has 1 heterocycles. The standard InChI is InChI=1S/C6H5BF3O2S/c1-12-6(11)4-2-5(13-3-4)7(8,9)10/h2-3H,1H3/q-1. The van der Waals surface area contributed by atoms with Gasteiger partial charge in [0, 0.05) is 5.38 Å². The van der Waals surface area contributed by atoms with E-state index in [1.54, 1.807) is 0 Å². The predicted octanol–water partition coefficient (Wildman–Crippen LogP) is 1.59. The number of hydrogen-bond donors (Lipinski definition) is 0. The number of methoxy groups -OCH3 is 1. The Balaban J connectivity index is 2.93. The third kappa shape index (κ3) is 2.24. The molecule has 0 amide bonds. The summed E-state index contributed by atoms with van der Waals surface area (Å²) in [5, 5.41) is 1.14. The topological polar surface area (TPSA) is 26.3 Å². The number of esters is 1. The lowest BCUT2D eigenvalue weighted by molar-refractivity contribution is 0.0601. The second-order valence-corrected chi connectivity index (χ2v) is 3.25. The van der Waals surface area contributed by atoms with Gasteiger partial charge >= 0.3 is 12.9 Å². The number of ether oxygens (including phenoxy) is 1. The van der Waals surface area contributed by atoms with Crippen LogP contribution in [0.25, 0.3) is 0 Å². The Morgan fingerprint density at radius 1 is 1.54 bits per heavy atom. The van der Waals surface area contributed by atoms with Gasteiger partial charge in [-0.3, -0.25) is 0 Å². The summed E-state index contributed by atoms with van der Waals surface area (Å²) in [6.07, 6.45) is 0. The lowest BCUT2D eigenvalue weighted by atomic mass is 9.89. The van der Waals surface area contributed by atoms with E-state index in [0.29, 0.717) is 11.3 Å². The van der Waals surface area contributed by atoms with Gasteiger partial charge in [0.15, 0.2) is 0 Å². The third-order valence-electron chi connectivity index (χ3n) is 1.36. The minimum absolute atomic E-state index is 0.0540. The molecule has 0 unspecified atom stereocenters. The molecule has 1 rings (SSSR count). The zero-order valence-corrected chi connectivity index (χ0v) is 7.41. The van der Waals surface area contributed by atoms with Crippen molar-refractivity contribution in [1.29, 1.82) is 0 Å². The predicted molar refractivity (Wildman–Crippen MR) is 44.4 cm³/mol. The van der Waals surface area contributed by atoms with Crippen molar-refractivity contribution in [2.75, 3.05) is 7.11 Å². The quantitative estimate of drug-likeness (QED) is 0.546. The van der Waals surface area contributed by atoms with Crippen LogP contribution in [-0.4, -0.2) is 20.1 Å². The molecular weight excluding hydrogens is 204 g/mol. The fraction of sp³-hybridized carbons (Fsp3) is 0.167. The molecule has 0 aromatic carbocycles. The maximum atomic E-state index is 12.1. The normalized spacial score (nSPS) is 11.4. The van der Waals surface area contributed by atoms with Crippen molar-refractivity contribution in [2.24, 2.45) is 0 Å². The summed E-state index contributed by atoms with van der Waals surface area (Å²) in [7, 11) is 1.12.